The minimum atomic E-state index is 0.534. The molecule has 1 aliphatic heterocycles. The number of rotatable bonds is 0. The molecule has 2 heteroatoms. The molecule has 0 amide bonds. The van der Waals surface area contributed by atoms with E-state index in [-0.39, 0.29) is 0 Å². The summed E-state index contributed by atoms with van der Waals surface area (Å²) in [6, 6.07) is 0.672. The molecule has 1 N–H and O–H groups in total. The van der Waals surface area contributed by atoms with Gasteiger partial charge in [-0.1, -0.05) is 12.8 Å². The van der Waals surface area contributed by atoms with E-state index >= 15 is 0 Å². The Bertz CT molecular complexity index is 113. The van der Waals surface area contributed by atoms with Crippen LogP contribution >= 0.6 is 0 Å². The van der Waals surface area contributed by atoms with Gasteiger partial charge in [0.1, 0.15) is 0 Å². The smallest absolute Gasteiger partial charge is 0.0728 e. The molecule has 2 aliphatic rings. The van der Waals surface area contributed by atoms with Crippen LogP contribution in [0.5, 0.6) is 0 Å². The maximum Gasteiger partial charge on any atom is 0.0728 e. The van der Waals surface area contributed by atoms with Crippen molar-refractivity contribution >= 4 is 0 Å². The lowest BCUT2D eigenvalue weighted by Crippen LogP contribution is -2.41. The molecular weight excluding hydrogens is 138 g/mol. The highest BCUT2D eigenvalue weighted by Crippen LogP contribution is 2.22. The van der Waals surface area contributed by atoms with Crippen molar-refractivity contribution in [3.05, 3.63) is 0 Å². The minimum absolute atomic E-state index is 0.534. The van der Waals surface area contributed by atoms with Crippen LogP contribution in [-0.2, 0) is 4.74 Å². The molecule has 64 valence electrons. The summed E-state index contributed by atoms with van der Waals surface area (Å²) in [5, 5.41) is 3.56. The molecule has 1 heterocycles. The Balaban J connectivity index is 1.93. The molecule has 1 aliphatic carbocycles. The zero-order valence-electron chi connectivity index (χ0n) is 7.01. The van der Waals surface area contributed by atoms with Crippen LogP contribution in [0.25, 0.3) is 0 Å². The van der Waals surface area contributed by atoms with Crippen molar-refractivity contribution in [3.63, 3.8) is 0 Å². The van der Waals surface area contributed by atoms with Gasteiger partial charge in [0.25, 0.3) is 0 Å². The van der Waals surface area contributed by atoms with Crippen LogP contribution in [0.2, 0.25) is 0 Å². The van der Waals surface area contributed by atoms with Gasteiger partial charge in [0.15, 0.2) is 0 Å². The highest BCUT2D eigenvalue weighted by atomic mass is 16.5. The van der Waals surface area contributed by atoms with E-state index in [1.807, 2.05) is 0 Å². The standard InChI is InChI=1S/C9H17NO/c1-2-5-9-8(4-1)10-6-3-7-11-9/h8-10H,1-7H2/t8-,9-/m1/s1. The predicted octanol–water partition coefficient (Wildman–Crippen LogP) is 1.31. The Hall–Kier alpha value is -0.0800. The summed E-state index contributed by atoms with van der Waals surface area (Å²) in [4.78, 5) is 0. The normalized spacial score (nSPS) is 39.3. The van der Waals surface area contributed by atoms with E-state index in [2.05, 4.69) is 5.32 Å². The molecule has 11 heavy (non-hydrogen) atoms. The summed E-state index contributed by atoms with van der Waals surface area (Å²) >= 11 is 0. The summed E-state index contributed by atoms with van der Waals surface area (Å²) < 4.78 is 5.74. The summed E-state index contributed by atoms with van der Waals surface area (Å²) in [5.41, 5.74) is 0. The molecule has 0 aromatic carbocycles. The molecule has 0 aromatic rings. The van der Waals surface area contributed by atoms with Crippen molar-refractivity contribution in [1.29, 1.82) is 0 Å². The van der Waals surface area contributed by atoms with Crippen molar-refractivity contribution in [3.8, 4) is 0 Å². The van der Waals surface area contributed by atoms with E-state index in [0.29, 0.717) is 12.1 Å². The van der Waals surface area contributed by atoms with Crippen molar-refractivity contribution in [1.82, 2.24) is 5.32 Å². The average Bonchev–Trinajstić information content (AvgIpc) is 2.28. The molecule has 2 nitrogen and oxygen atoms in total. The Labute approximate surface area is 68.3 Å². The third-order valence-corrected chi connectivity index (χ3v) is 2.76. The second-order valence-electron chi connectivity index (χ2n) is 3.61. The van der Waals surface area contributed by atoms with Crippen molar-refractivity contribution in [2.45, 2.75) is 44.2 Å². The SMILES string of the molecule is C1CN[C@@H]2CCCC[C@H]2OC1. The van der Waals surface area contributed by atoms with E-state index < -0.39 is 0 Å². The van der Waals surface area contributed by atoms with Crippen LogP contribution in [-0.4, -0.2) is 25.3 Å². The van der Waals surface area contributed by atoms with Crippen LogP contribution in [0, 0.1) is 0 Å². The van der Waals surface area contributed by atoms with E-state index in [0.717, 1.165) is 13.2 Å². The van der Waals surface area contributed by atoms with Crippen LogP contribution in [0.3, 0.4) is 0 Å². The first-order chi connectivity index (χ1) is 5.47. The molecular formula is C9H17NO. The van der Waals surface area contributed by atoms with E-state index in [1.165, 1.54) is 32.1 Å². The fourth-order valence-corrected chi connectivity index (χ4v) is 2.12. The van der Waals surface area contributed by atoms with Gasteiger partial charge in [-0.05, 0) is 25.8 Å². The quantitative estimate of drug-likeness (QED) is 0.569. The number of hydrogen-bond donors (Lipinski definition) is 1. The molecule has 2 atom stereocenters. The average molecular weight is 155 g/mol. The van der Waals surface area contributed by atoms with Crippen LogP contribution in [0.4, 0.5) is 0 Å². The largest absolute Gasteiger partial charge is 0.377 e. The van der Waals surface area contributed by atoms with Crippen LogP contribution < -0.4 is 5.32 Å². The van der Waals surface area contributed by atoms with Crippen molar-refractivity contribution in [2.75, 3.05) is 13.2 Å². The highest BCUT2D eigenvalue weighted by Gasteiger charge is 2.26. The number of hydrogen-bond acceptors (Lipinski definition) is 2. The lowest BCUT2D eigenvalue weighted by Gasteiger charge is -2.29. The third-order valence-electron chi connectivity index (χ3n) is 2.76. The Kier molecular flexibility index (Phi) is 2.44. The first-order valence-electron chi connectivity index (χ1n) is 4.82. The first-order valence-corrected chi connectivity index (χ1v) is 4.82. The molecule has 0 bridgehead atoms. The lowest BCUT2D eigenvalue weighted by atomic mass is 9.92. The Morgan fingerprint density at radius 3 is 3.00 bits per heavy atom. The molecule has 0 radical (unpaired) electrons. The maximum atomic E-state index is 5.74. The third kappa shape index (κ3) is 1.74. The van der Waals surface area contributed by atoms with Crippen LogP contribution in [0.1, 0.15) is 32.1 Å². The van der Waals surface area contributed by atoms with Gasteiger partial charge in [-0.2, -0.15) is 0 Å². The topological polar surface area (TPSA) is 21.3 Å². The maximum absolute atomic E-state index is 5.74. The minimum Gasteiger partial charge on any atom is -0.377 e. The van der Waals surface area contributed by atoms with Gasteiger partial charge in [-0.15, -0.1) is 0 Å². The lowest BCUT2D eigenvalue weighted by molar-refractivity contribution is 0.0215. The Morgan fingerprint density at radius 2 is 2.00 bits per heavy atom. The summed E-state index contributed by atoms with van der Waals surface area (Å²) in [6.07, 6.45) is 7.07. The van der Waals surface area contributed by atoms with Crippen LogP contribution in [0.15, 0.2) is 0 Å². The predicted molar refractivity (Wildman–Crippen MR) is 44.6 cm³/mol. The number of ether oxygens (including phenoxy) is 1. The van der Waals surface area contributed by atoms with E-state index in [9.17, 15) is 0 Å². The zero-order chi connectivity index (χ0) is 7.52. The second kappa shape index (κ2) is 3.55. The monoisotopic (exact) mass is 155 g/mol. The first kappa shape index (κ1) is 7.56. The van der Waals surface area contributed by atoms with E-state index in [1.54, 1.807) is 0 Å². The van der Waals surface area contributed by atoms with Gasteiger partial charge >= 0.3 is 0 Å². The molecule has 0 spiro atoms. The number of nitrogens with one attached hydrogen (secondary N) is 1. The summed E-state index contributed by atoms with van der Waals surface area (Å²) in [7, 11) is 0. The highest BCUT2D eigenvalue weighted by molar-refractivity contribution is 4.83. The molecule has 1 saturated carbocycles. The fourth-order valence-electron chi connectivity index (χ4n) is 2.12. The van der Waals surface area contributed by atoms with Gasteiger partial charge in [-0.25, -0.2) is 0 Å². The van der Waals surface area contributed by atoms with Gasteiger partial charge in [0.2, 0.25) is 0 Å². The molecule has 2 fully saturated rings. The molecule has 2 rings (SSSR count). The van der Waals surface area contributed by atoms with Crippen molar-refractivity contribution in [2.24, 2.45) is 0 Å². The van der Waals surface area contributed by atoms with E-state index in [4.69, 9.17) is 4.74 Å². The summed E-state index contributed by atoms with van der Waals surface area (Å²) in [5.74, 6) is 0. The van der Waals surface area contributed by atoms with Gasteiger partial charge in [0.05, 0.1) is 6.10 Å². The van der Waals surface area contributed by atoms with Crippen molar-refractivity contribution < 1.29 is 4.74 Å². The van der Waals surface area contributed by atoms with Gasteiger partial charge in [0, 0.05) is 12.6 Å². The van der Waals surface area contributed by atoms with Gasteiger partial charge in [-0.3, -0.25) is 0 Å². The molecule has 0 unspecified atom stereocenters. The number of fused-ring (bicyclic) bond motifs is 1. The molecule has 0 aromatic heterocycles. The summed E-state index contributed by atoms with van der Waals surface area (Å²) in [6.45, 7) is 2.12. The zero-order valence-corrected chi connectivity index (χ0v) is 7.01. The van der Waals surface area contributed by atoms with Gasteiger partial charge < -0.3 is 10.1 Å². The Morgan fingerprint density at radius 1 is 1.09 bits per heavy atom. The fraction of sp³-hybridized carbons (Fsp3) is 1.00. The molecule has 1 saturated heterocycles. The second-order valence-corrected chi connectivity index (χ2v) is 3.61.